The van der Waals surface area contributed by atoms with Crippen LogP contribution in [0.5, 0.6) is 0 Å². The Labute approximate surface area is 195 Å². The van der Waals surface area contributed by atoms with Crippen LogP contribution in [-0.2, 0) is 26.1 Å². The van der Waals surface area contributed by atoms with Crippen molar-refractivity contribution in [2.45, 2.75) is 46.3 Å². The molecule has 0 saturated heterocycles. The summed E-state index contributed by atoms with van der Waals surface area (Å²) in [6.45, 7) is 6.14. The fraction of sp³-hybridized carbons (Fsp3) is 0.269. The first-order valence-electron chi connectivity index (χ1n) is 10.8. The Morgan fingerprint density at radius 1 is 0.812 bits per heavy atom. The van der Waals surface area contributed by atoms with Gasteiger partial charge in [0.15, 0.2) is 11.4 Å². The van der Waals surface area contributed by atoms with E-state index in [1.165, 1.54) is 11.4 Å². The summed E-state index contributed by atoms with van der Waals surface area (Å²) in [6, 6.07) is 18.5. The van der Waals surface area contributed by atoms with Crippen LogP contribution in [-0.4, -0.2) is 11.8 Å². The highest BCUT2D eigenvalue weighted by atomic mass is 35.5. The number of halogens is 1. The van der Waals surface area contributed by atoms with Crippen LogP contribution in [0.2, 0.25) is 0 Å². The molecule has 4 rings (SSSR count). The smallest absolute Gasteiger partial charge is 0.251 e. The second-order valence-electron chi connectivity index (χ2n) is 7.97. The molecule has 3 aromatic rings. The third-order valence-corrected chi connectivity index (χ3v) is 6.14. The van der Waals surface area contributed by atoms with E-state index in [0.717, 1.165) is 36.1 Å². The van der Waals surface area contributed by atoms with Crippen LogP contribution in [0, 0.1) is 13.8 Å². The highest BCUT2D eigenvalue weighted by molar-refractivity contribution is 5.94. The predicted molar refractivity (Wildman–Crippen MR) is 120 cm³/mol. The van der Waals surface area contributed by atoms with Crippen molar-refractivity contribution in [3.8, 4) is 0 Å². The summed E-state index contributed by atoms with van der Waals surface area (Å²) >= 11 is 0. The van der Waals surface area contributed by atoms with Crippen molar-refractivity contribution in [3.05, 3.63) is 99.9 Å². The van der Waals surface area contributed by atoms with E-state index >= 15 is 0 Å². The molecule has 0 saturated carbocycles. The van der Waals surface area contributed by atoms with Crippen LogP contribution in [0.25, 0.3) is 0 Å². The van der Waals surface area contributed by atoms with Gasteiger partial charge in [0.2, 0.25) is 0 Å². The summed E-state index contributed by atoms with van der Waals surface area (Å²) in [5.41, 5.74) is 7.23. The van der Waals surface area contributed by atoms with E-state index in [1.54, 1.807) is 0 Å². The van der Waals surface area contributed by atoms with Crippen LogP contribution in [0.4, 0.5) is 0 Å². The first kappa shape index (κ1) is 23.5. The summed E-state index contributed by atoms with van der Waals surface area (Å²) < 4.78 is 2.35. The molecule has 0 spiro atoms. The molecule has 0 radical (unpaired) electrons. The highest BCUT2D eigenvalue weighted by Crippen LogP contribution is 2.23. The van der Waals surface area contributed by atoms with Crippen LogP contribution in [0.1, 0.15) is 55.2 Å². The molecule has 0 fully saturated rings. The molecule has 1 aliphatic rings. The molecule has 2 heterocycles. The van der Waals surface area contributed by atoms with Gasteiger partial charge in [-0.2, -0.15) is 4.57 Å². The summed E-state index contributed by atoms with van der Waals surface area (Å²) in [7, 11) is 0. The topological polar surface area (TPSA) is 62.1 Å². The van der Waals surface area contributed by atoms with Gasteiger partial charge >= 0.3 is 0 Å². The van der Waals surface area contributed by atoms with Crippen molar-refractivity contribution in [1.82, 2.24) is 10.6 Å². The summed E-state index contributed by atoms with van der Waals surface area (Å²) in [4.78, 5) is 25.1. The first-order chi connectivity index (χ1) is 15.1. The Hall–Kier alpha value is -3.18. The molecule has 0 atom stereocenters. The number of carbonyl (C=O) groups is 2. The maximum absolute atomic E-state index is 12.6. The third kappa shape index (κ3) is 4.83. The van der Waals surface area contributed by atoms with Crippen molar-refractivity contribution in [2.75, 3.05) is 0 Å². The van der Waals surface area contributed by atoms with Gasteiger partial charge in [-0.15, -0.1) is 0 Å². The number of carbonyl (C=O) groups excluding carboxylic acids is 2. The Morgan fingerprint density at radius 2 is 1.31 bits per heavy atom. The zero-order valence-electron chi connectivity index (χ0n) is 18.5. The van der Waals surface area contributed by atoms with Gasteiger partial charge in [0.25, 0.3) is 11.8 Å². The SMILES string of the molecule is Cc1c(CNC(=O)c2ccccc2)c(C)[n+]2c(c1CNC(=O)c1ccccc1)CCC2.[Cl-]. The normalized spacial score (nSPS) is 11.9. The minimum atomic E-state index is -0.0798. The van der Waals surface area contributed by atoms with Crippen molar-refractivity contribution in [3.63, 3.8) is 0 Å². The number of hydrogen-bond donors (Lipinski definition) is 2. The van der Waals surface area contributed by atoms with Gasteiger partial charge in [-0.05, 0) is 36.8 Å². The molecule has 0 aliphatic carbocycles. The highest BCUT2D eigenvalue weighted by Gasteiger charge is 2.30. The second kappa shape index (κ2) is 10.4. The Balaban J connectivity index is 0.00000289. The average Bonchev–Trinajstić information content (AvgIpc) is 3.30. The maximum Gasteiger partial charge on any atom is 0.251 e. The lowest BCUT2D eigenvalue weighted by Gasteiger charge is -2.16. The minimum Gasteiger partial charge on any atom is -1.00 e. The van der Waals surface area contributed by atoms with Gasteiger partial charge in [0, 0.05) is 55.1 Å². The molecule has 0 bridgehead atoms. The molecule has 0 unspecified atom stereocenters. The quantitative estimate of drug-likeness (QED) is 0.535. The van der Waals surface area contributed by atoms with Crippen molar-refractivity contribution in [1.29, 1.82) is 0 Å². The maximum atomic E-state index is 12.6. The second-order valence-corrected chi connectivity index (χ2v) is 7.97. The van der Waals surface area contributed by atoms with Crippen molar-refractivity contribution in [2.24, 2.45) is 0 Å². The van der Waals surface area contributed by atoms with E-state index in [-0.39, 0.29) is 24.2 Å². The lowest BCUT2D eigenvalue weighted by atomic mass is 9.98. The van der Waals surface area contributed by atoms with Gasteiger partial charge in [-0.25, -0.2) is 0 Å². The molecule has 166 valence electrons. The molecule has 5 nitrogen and oxygen atoms in total. The van der Waals surface area contributed by atoms with Gasteiger partial charge in [-0.1, -0.05) is 36.4 Å². The van der Waals surface area contributed by atoms with Gasteiger partial charge in [0.05, 0.1) is 0 Å². The number of nitrogens with one attached hydrogen (secondary N) is 2. The number of fused-ring (bicyclic) bond motifs is 1. The summed E-state index contributed by atoms with van der Waals surface area (Å²) in [5.74, 6) is -0.153. The minimum absolute atomic E-state index is 0. The molecule has 1 aromatic heterocycles. The van der Waals surface area contributed by atoms with E-state index in [1.807, 2.05) is 60.7 Å². The molecule has 1 aliphatic heterocycles. The largest absolute Gasteiger partial charge is 1.00 e. The Morgan fingerprint density at radius 3 is 1.84 bits per heavy atom. The lowest BCUT2D eigenvalue weighted by molar-refractivity contribution is -0.697. The molecule has 2 N–H and O–H groups in total. The number of nitrogens with zero attached hydrogens (tertiary/aromatic N) is 1. The van der Waals surface area contributed by atoms with E-state index in [4.69, 9.17) is 0 Å². The van der Waals surface area contributed by atoms with Gasteiger partial charge in [0.1, 0.15) is 6.54 Å². The average molecular weight is 450 g/mol. The van der Waals surface area contributed by atoms with E-state index in [2.05, 4.69) is 29.0 Å². The van der Waals surface area contributed by atoms with Crippen molar-refractivity contribution < 1.29 is 26.6 Å². The summed E-state index contributed by atoms with van der Waals surface area (Å²) in [5, 5.41) is 6.15. The molecular weight excluding hydrogens is 422 g/mol. The van der Waals surface area contributed by atoms with Crippen LogP contribution >= 0.6 is 0 Å². The standard InChI is InChI=1S/C26H27N3O2.ClH/c1-18-22(16-27-25(30)20-10-5-3-6-11-20)19(2)29-15-9-14-24(29)23(18)17-28-26(31)21-12-7-4-8-13-21;/h3-8,10-13H,9,14-17H2,1-2H3,(H-,27,28,30,31);1H. The number of amides is 2. The summed E-state index contributed by atoms with van der Waals surface area (Å²) in [6.07, 6.45) is 2.11. The Kier molecular flexibility index (Phi) is 7.65. The van der Waals surface area contributed by atoms with E-state index < -0.39 is 0 Å². The molecule has 32 heavy (non-hydrogen) atoms. The molecular formula is C26H28ClN3O2. The monoisotopic (exact) mass is 449 g/mol. The molecule has 2 aromatic carbocycles. The number of hydrogen-bond acceptors (Lipinski definition) is 2. The Bertz CT molecular complexity index is 1120. The van der Waals surface area contributed by atoms with Gasteiger partial charge < -0.3 is 23.0 Å². The number of pyridine rings is 1. The molecule has 2 amide bonds. The third-order valence-electron chi connectivity index (χ3n) is 6.14. The molecule has 6 heteroatoms. The predicted octanol–water partition coefficient (Wildman–Crippen LogP) is 0.401. The van der Waals surface area contributed by atoms with Crippen molar-refractivity contribution >= 4 is 11.8 Å². The van der Waals surface area contributed by atoms with Crippen LogP contribution < -0.4 is 27.6 Å². The van der Waals surface area contributed by atoms with E-state index in [9.17, 15) is 9.59 Å². The number of aromatic nitrogens is 1. The lowest BCUT2D eigenvalue weighted by Crippen LogP contribution is -3.00. The first-order valence-corrected chi connectivity index (χ1v) is 10.8. The van der Waals surface area contributed by atoms with Crippen LogP contribution in [0.3, 0.4) is 0 Å². The zero-order chi connectivity index (χ0) is 21.8. The number of rotatable bonds is 6. The fourth-order valence-corrected chi connectivity index (χ4v) is 4.41. The zero-order valence-corrected chi connectivity index (χ0v) is 19.2. The van der Waals surface area contributed by atoms with Gasteiger partial charge in [-0.3, -0.25) is 9.59 Å². The number of benzene rings is 2. The fourth-order valence-electron chi connectivity index (χ4n) is 4.41. The van der Waals surface area contributed by atoms with Crippen LogP contribution in [0.15, 0.2) is 60.7 Å². The van der Waals surface area contributed by atoms with E-state index in [0.29, 0.717) is 24.2 Å².